The van der Waals surface area contributed by atoms with Crippen LogP contribution < -0.4 is 5.32 Å². The minimum atomic E-state index is -0.779. The number of carbonyl (C=O) groups excluding carboxylic acids is 2. The minimum Gasteiger partial charge on any atom is -0.449 e. The van der Waals surface area contributed by atoms with Gasteiger partial charge in [-0.2, -0.15) is 0 Å². The molecule has 1 N–H and O–H groups in total. The number of likely N-dealkylation sites (tertiary alicyclic amines) is 1. The number of amides is 2. The summed E-state index contributed by atoms with van der Waals surface area (Å²) in [5.74, 6) is 1.53. The molecular weight excluding hydrogens is 764 g/mol. The summed E-state index contributed by atoms with van der Waals surface area (Å²) in [6.45, 7) is 8.47. The van der Waals surface area contributed by atoms with Crippen LogP contribution in [0.15, 0.2) is 24.3 Å². The van der Waals surface area contributed by atoms with E-state index in [9.17, 15) is 19.7 Å². The number of fused-ring (bicyclic) bond motifs is 2. The third-order valence-electron chi connectivity index (χ3n) is 13.0. The van der Waals surface area contributed by atoms with Crippen LogP contribution in [0.4, 0.5) is 4.79 Å². The number of morpholine rings is 1. The van der Waals surface area contributed by atoms with Crippen molar-refractivity contribution in [3.63, 3.8) is 0 Å². The van der Waals surface area contributed by atoms with Crippen molar-refractivity contribution in [3.8, 4) is 0 Å². The minimum absolute atomic E-state index is 0.0361. The maximum atomic E-state index is 13.7. The van der Waals surface area contributed by atoms with E-state index in [1.54, 1.807) is 19.1 Å². The van der Waals surface area contributed by atoms with Gasteiger partial charge >= 0.3 is 6.09 Å². The van der Waals surface area contributed by atoms with Crippen molar-refractivity contribution in [2.24, 2.45) is 29.6 Å². The molecule has 8 unspecified atom stereocenters. The van der Waals surface area contributed by atoms with E-state index in [1.807, 2.05) is 0 Å². The summed E-state index contributed by atoms with van der Waals surface area (Å²) in [6, 6.07) is 8.81. The SMILES string of the molecule is COCCCN1CCOC2CCC(COC3CN(C(=O)OCCCCCCO[N+](=O)[O-])CC(CNC(=O)CC4C5COCC54)C3c3ccc(COCCOC)cc3)CC21. The normalized spacial score (nSPS) is 29.1. The highest BCUT2D eigenvalue weighted by atomic mass is 16.9. The van der Waals surface area contributed by atoms with E-state index in [4.69, 9.17) is 33.2 Å². The van der Waals surface area contributed by atoms with Gasteiger partial charge < -0.3 is 48.2 Å². The smallest absolute Gasteiger partial charge is 0.409 e. The topological polar surface area (TPSA) is 170 Å². The third-order valence-corrected chi connectivity index (χ3v) is 13.0. The molecule has 6 rings (SSSR count). The lowest BCUT2D eigenvalue weighted by atomic mass is 9.78. The largest absolute Gasteiger partial charge is 0.449 e. The fourth-order valence-corrected chi connectivity index (χ4v) is 9.77. The second kappa shape index (κ2) is 23.8. The summed E-state index contributed by atoms with van der Waals surface area (Å²) >= 11 is 0. The van der Waals surface area contributed by atoms with Crippen LogP contribution in [-0.4, -0.2) is 152 Å². The zero-order valence-electron chi connectivity index (χ0n) is 35.2. The van der Waals surface area contributed by atoms with Crippen LogP contribution in [0, 0.1) is 39.7 Å². The molecule has 0 bridgehead atoms. The van der Waals surface area contributed by atoms with Gasteiger partial charge in [0.1, 0.15) is 0 Å². The Labute approximate surface area is 349 Å². The average Bonchev–Trinajstić information content (AvgIpc) is 3.62. The fourth-order valence-electron chi connectivity index (χ4n) is 9.77. The van der Waals surface area contributed by atoms with Crippen LogP contribution in [0.25, 0.3) is 0 Å². The van der Waals surface area contributed by atoms with Crippen molar-refractivity contribution in [3.05, 3.63) is 45.5 Å². The van der Waals surface area contributed by atoms with E-state index in [0.717, 1.165) is 89.2 Å². The summed E-state index contributed by atoms with van der Waals surface area (Å²) in [7, 11) is 3.41. The molecule has 3 aliphatic heterocycles. The number of carbonyl (C=O) groups is 2. The maximum absolute atomic E-state index is 13.7. The summed E-state index contributed by atoms with van der Waals surface area (Å²) in [5, 5.41) is 12.9. The van der Waals surface area contributed by atoms with E-state index in [-0.39, 0.29) is 43.2 Å². The number of piperidine rings is 1. The first-order valence-electron chi connectivity index (χ1n) is 22.0. The first-order chi connectivity index (χ1) is 28.8. The van der Waals surface area contributed by atoms with Gasteiger partial charge in [-0.1, -0.05) is 30.7 Å². The molecule has 16 nitrogen and oxygen atoms in total. The number of rotatable bonds is 25. The number of hydrogen-bond acceptors (Lipinski definition) is 13. The van der Waals surface area contributed by atoms with Crippen LogP contribution in [0.2, 0.25) is 0 Å². The zero-order chi connectivity index (χ0) is 41.4. The van der Waals surface area contributed by atoms with E-state index in [2.05, 4.69) is 39.3 Å². The van der Waals surface area contributed by atoms with Gasteiger partial charge in [0.2, 0.25) is 5.91 Å². The van der Waals surface area contributed by atoms with Gasteiger partial charge in [-0.05, 0) is 79.7 Å². The Morgan fingerprint density at radius 3 is 2.47 bits per heavy atom. The molecule has 59 heavy (non-hydrogen) atoms. The van der Waals surface area contributed by atoms with Crippen LogP contribution in [0.5, 0.6) is 0 Å². The molecule has 8 atom stereocenters. The van der Waals surface area contributed by atoms with E-state index in [0.29, 0.717) is 95.0 Å². The predicted molar refractivity (Wildman–Crippen MR) is 216 cm³/mol. The molecule has 5 fully saturated rings. The van der Waals surface area contributed by atoms with Crippen molar-refractivity contribution in [1.29, 1.82) is 0 Å². The van der Waals surface area contributed by atoms with E-state index >= 15 is 0 Å². The van der Waals surface area contributed by atoms with Gasteiger partial charge in [-0.15, -0.1) is 10.1 Å². The Hall–Kier alpha value is -3.12. The van der Waals surface area contributed by atoms with Crippen molar-refractivity contribution in [1.82, 2.24) is 15.1 Å². The van der Waals surface area contributed by atoms with Crippen molar-refractivity contribution >= 4 is 12.0 Å². The highest BCUT2D eigenvalue weighted by Gasteiger charge is 2.54. The van der Waals surface area contributed by atoms with Crippen molar-refractivity contribution in [2.75, 3.05) is 106 Å². The lowest BCUT2D eigenvalue weighted by Gasteiger charge is -2.47. The summed E-state index contributed by atoms with van der Waals surface area (Å²) in [5.41, 5.74) is 2.16. The molecule has 0 aromatic heterocycles. The van der Waals surface area contributed by atoms with Gasteiger partial charge in [-0.25, -0.2) is 4.79 Å². The third kappa shape index (κ3) is 13.7. The summed E-state index contributed by atoms with van der Waals surface area (Å²) in [6.07, 6.45) is 6.69. The predicted octanol–water partition coefficient (Wildman–Crippen LogP) is 4.46. The Kier molecular flexibility index (Phi) is 18.3. The van der Waals surface area contributed by atoms with Crippen molar-refractivity contribution < 1.29 is 52.7 Å². The van der Waals surface area contributed by atoms with Gasteiger partial charge in [0, 0.05) is 77.9 Å². The Morgan fingerprint density at radius 2 is 1.71 bits per heavy atom. The first kappa shape index (κ1) is 45.4. The Balaban J connectivity index is 1.14. The van der Waals surface area contributed by atoms with Gasteiger partial charge in [0.15, 0.2) is 0 Å². The van der Waals surface area contributed by atoms with Gasteiger partial charge in [0.05, 0.1) is 71.6 Å². The van der Waals surface area contributed by atoms with Crippen LogP contribution in [0.1, 0.15) is 74.8 Å². The highest BCUT2D eigenvalue weighted by molar-refractivity contribution is 5.76. The molecule has 2 amide bonds. The first-order valence-corrected chi connectivity index (χ1v) is 22.0. The lowest BCUT2D eigenvalue weighted by molar-refractivity contribution is -0.757. The number of methoxy groups -OCH3 is 2. The van der Waals surface area contributed by atoms with Gasteiger partial charge in [-0.3, -0.25) is 9.69 Å². The molecule has 0 radical (unpaired) electrons. The van der Waals surface area contributed by atoms with Crippen LogP contribution in [-0.2, 0) is 49.4 Å². The molecular formula is C43H68N4O12. The molecule has 0 spiro atoms. The molecule has 3 heterocycles. The molecule has 332 valence electrons. The highest BCUT2D eigenvalue weighted by Crippen LogP contribution is 2.52. The van der Waals surface area contributed by atoms with Crippen molar-refractivity contribution in [2.45, 2.75) is 88.6 Å². The summed E-state index contributed by atoms with van der Waals surface area (Å²) in [4.78, 5) is 46.3. The lowest BCUT2D eigenvalue weighted by Crippen LogP contribution is -2.55. The maximum Gasteiger partial charge on any atom is 0.409 e. The number of nitrogens with zero attached hydrogens (tertiary/aromatic N) is 3. The number of hydrogen-bond donors (Lipinski definition) is 1. The Morgan fingerprint density at radius 1 is 0.932 bits per heavy atom. The molecule has 2 saturated carbocycles. The number of ether oxygens (including phenoxy) is 7. The second-order valence-corrected chi connectivity index (χ2v) is 17.0. The Bertz CT molecular complexity index is 1430. The fraction of sp³-hybridized carbons (Fsp3) is 0.814. The molecule has 1 aromatic rings. The monoisotopic (exact) mass is 832 g/mol. The van der Waals surface area contributed by atoms with Crippen LogP contribution >= 0.6 is 0 Å². The summed E-state index contributed by atoms with van der Waals surface area (Å²) < 4.78 is 40.9. The quantitative estimate of drug-likeness (QED) is 0.0834. The molecule has 3 saturated heterocycles. The number of unbranched alkanes of at least 4 members (excludes halogenated alkanes) is 3. The van der Waals surface area contributed by atoms with Crippen LogP contribution in [0.3, 0.4) is 0 Å². The average molecular weight is 833 g/mol. The number of nitrogens with one attached hydrogen (secondary N) is 1. The molecule has 16 heteroatoms. The zero-order valence-corrected chi connectivity index (χ0v) is 35.2. The second-order valence-electron chi connectivity index (χ2n) is 17.0. The molecule has 5 aliphatic rings. The standard InChI is InChI=1S/C43H68N4O12/c1-52-16-7-14-45-15-19-56-39-13-10-32(22-38(39)45)28-58-40-26-46(43(49)57-17-5-3-4-6-18-59-47(50)51)25-34(24-44-41(48)23-35-36-29-55-30-37(35)36)42(40)33-11-8-31(9-12-33)27-54-21-20-53-2/h8-9,11-12,32,34-40,42H,3-7,10,13-30H2,1-2H3,(H,44,48). The molecule has 2 aliphatic carbocycles. The molecule has 1 aromatic carbocycles. The number of benzene rings is 1. The van der Waals surface area contributed by atoms with Gasteiger partial charge in [0.25, 0.3) is 5.09 Å². The van der Waals surface area contributed by atoms with E-state index < -0.39 is 11.2 Å². The van der Waals surface area contributed by atoms with E-state index in [1.165, 1.54) is 0 Å².